The van der Waals surface area contributed by atoms with Crippen LogP contribution in [0.5, 0.6) is 0 Å². The topological polar surface area (TPSA) is 33.6 Å². The highest BCUT2D eigenvalue weighted by Crippen LogP contribution is 2.14. The van der Waals surface area contributed by atoms with E-state index in [0.717, 1.165) is 28.7 Å². The zero-order valence-corrected chi connectivity index (χ0v) is 8.23. The summed E-state index contributed by atoms with van der Waals surface area (Å²) in [6.07, 6.45) is 0.716. The highest BCUT2D eigenvalue weighted by atomic mass is 35.5. The molecule has 1 aromatic carbocycles. The molecule has 1 N–H and O–H groups in total. The Kier molecular flexibility index (Phi) is 2.61. The van der Waals surface area contributed by atoms with Crippen molar-refractivity contribution in [2.45, 2.75) is 6.42 Å². The van der Waals surface area contributed by atoms with E-state index in [0.29, 0.717) is 6.42 Å². The highest BCUT2D eigenvalue weighted by molar-refractivity contribution is 7.93. The van der Waals surface area contributed by atoms with Gasteiger partial charge in [-0.05, 0) is 17.7 Å². The van der Waals surface area contributed by atoms with E-state index in [1.807, 2.05) is 24.3 Å². The van der Waals surface area contributed by atoms with Crippen LogP contribution in [0.3, 0.4) is 0 Å². The van der Waals surface area contributed by atoms with Crippen LogP contribution in [0.25, 0.3) is 0 Å². The largest absolute Gasteiger partial charge is 0.297 e. The van der Waals surface area contributed by atoms with Gasteiger partial charge in [0.2, 0.25) is 12.2 Å². The minimum atomic E-state index is 0.716. The van der Waals surface area contributed by atoms with Crippen LogP contribution >= 0.6 is 23.8 Å². The molecule has 13 heavy (non-hydrogen) atoms. The molecule has 0 spiro atoms. The molecule has 1 aromatic rings. The Hall–Kier alpha value is -0.870. The Bertz CT molecular complexity index is 343. The lowest BCUT2D eigenvalue weighted by atomic mass is 10.1. The number of hydrogen-bond donors (Lipinski definition) is 1. The molecule has 0 atom stereocenters. The molecule has 1 aliphatic rings. The number of amidine groups is 1. The van der Waals surface area contributed by atoms with Gasteiger partial charge in [0.1, 0.15) is 0 Å². The average Bonchev–Trinajstić information content (AvgIpc) is 2.57. The van der Waals surface area contributed by atoms with Gasteiger partial charge in [0, 0.05) is 11.4 Å². The molecule has 0 saturated carbocycles. The zero-order chi connectivity index (χ0) is 9.10. The van der Waals surface area contributed by atoms with Crippen LogP contribution in [0.4, 0.5) is 0 Å². The van der Waals surface area contributed by atoms with Crippen LogP contribution < -0.4 is 4.72 Å². The molecule has 2 rings (SSSR count). The van der Waals surface area contributed by atoms with Gasteiger partial charge in [-0.3, -0.25) is 9.01 Å². The first-order valence-electron chi connectivity index (χ1n) is 3.74. The van der Waals surface area contributed by atoms with E-state index in [-0.39, 0.29) is 0 Å². The van der Waals surface area contributed by atoms with Gasteiger partial charge in [0.15, 0.2) is 5.84 Å². The summed E-state index contributed by atoms with van der Waals surface area (Å²) < 4.78 is 7.65. The lowest BCUT2D eigenvalue weighted by Crippen LogP contribution is -2.13. The molecular formula is C8H7ClN2OS. The van der Waals surface area contributed by atoms with Crippen molar-refractivity contribution in [2.24, 2.45) is 5.16 Å². The SMILES string of the molecule is Clc1cccc(CC2=NOSN2)c1. The molecule has 1 aliphatic heterocycles. The molecule has 5 heteroatoms. The van der Waals surface area contributed by atoms with Gasteiger partial charge in [0.25, 0.3) is 0 Å². The molecule has 0 bridgehead atoms. The molecule has 0 fully saturated rings. The van der Waals surface area contributed by atoms with E-state index in [9.17, 15) is 0 Å². The van der Waals surface area contributed by atoms with Crippen molar-refractivity contribution < 1.29 is 4.28 Å². The molecule has 0 saturated heterocycles. The van der Waals surface area contributed by atoms with Crippen LogP contribution in [0.1, 0.15) is 5.56 Å². The standard InChI is InChI=1S/C8H7ClN2OS/c9-7-3-1-2-6(4-7)5-8-10-12-13-11-8/h1-4H,5H2,(H,10,11). The van der Waals surface area contributed by atoms with Gasteiger partial charge in [-0.1, -0.05) is 28.9 Å². The first kappa shape index (κ1) is 8.72. The maximum absolute atomic E-state index is 5.83. The Morgan fingerprint density at radius 3 is 3.15 bits per heavy atom. The van der Waals surface area contributed by atoms with Crippen molar-refractivity contribution >= 4 is 29.7 Å². The number of nitrogens with one attached hydrogen (secondary N) is 1. The first-order chi connectivity index (χ1) is 6.34. The number of benzene rings is 1. The second kappa shape index (κ2) is 3.89. The van der Waals surface area contributed by atoms with E-state index < -0.39 is 0 Å². The quantitative estimate of drug-likeness (QED) is 0.606. The summed E-state index contributed by atoms with van der Waals surface area (Å²) in [5.74, 6) is 0.812. The highest BCUT2D eigenvalue weighted by Gasteiger charge is 2.08. The van der Waals surface area contributed by atoms with E-state index >= 15 is 0 Å². The van der Waals surface area contributed by atoms with E-state index in [2.05, 4.69) is 9.88 Å². The third-order valence-electron chi connectivity index (χ3n) is 1.60. The molecule has 68 valence electrons. The van der Waals surface area contributed by atoms with Gasteiger partial charge in [-0.25, -0.2) is 0 Å². The van der Waals surface area contributed by atoms with Gasteiger partial charge in [-0.2, -0.15) is 0 Å². The van der Waals surface area contributed by atoms with Crippen molar-refractivity contribution in [1.29, 1.82) is 0 Å². The van der Waals surface area contributed by atoms with Crippen LogP contribution in [0.15, 0.2) is 29.4 Å². The van der Waals surface area contributed by atoms with Crippen molar-refractivity contribution in [3.63, 3.8) is 0 Å². The number of rotatable bonds is 2. The average molecular weight is 215 g/mol. The second-order valence-electron chi connectivity index (χ2n) is 2.60. The molecule has 0 unspecified atom stereocenters. The van der Waals surface area contributed by atoms with E-state index in [1.165, 1.54) is 0 Å². The van der Waals surface area contributed by atoms with Gasteiger partial charge >= 0.3 is 0 Å². The third-order valence-corrected chi connectivity index (χ3v) is 2.31. The maximum atomic E-state index is 5.83. The van der Waals surface area contributed by atoms with Crippen molar-refractivity contribution in [3.8, 4) is 0 Å². The predicted molar refractivity (Wildman–Crippen MR) is 54.4 cm³/mol. The Labute approximate surface area is 85.4 Å². The van der Waals surface area contributed by atoms with Crippen molar-refractivity contribution in [2.75, 3.05) is 0 Å². The molecule has 0 radical (unpaired) electrons. The normalized spacial score (nSPS) is 14.7. The smallest absolute Gasteiger partial charge is 0.208 e. The molecular weight excluding hydrogens is 208 g/mol. The summed E-state index contributed by atoms with van der Waals surface area (Å²) in [4.78, 5) is 0. The van der Waals surface area contributed by atoms with E-state index in [4.69, 9.17) is 15.9 Å². The summed E-state index contributed by atoms with van der Waals surface area (Å²) in [5, 5.41) is 4.53. The minimum Gasteiger partial charge on any atom is -0.297 e. The van der Waals surface area contributed by atoms with Crippen LogP contribution in [-0.2, 0) is 10.7 Å². The lowest BCUT2D eigenvalue weighted by molar-refractivity contribution is 0.415. The molecule has 3 nitrogen and oxygen atoms in total. The fourth-order valence-corrected chi connectivity index (χ4v) is 1.64. The van der Waals surface area contributed by atoms with Crippen LogP contribution in [0.2, 0.25) is 5.02 Å². The fourth-order valence-electron chi connectivity index (χ4n) is 1.06. The Morgan fingerprint density at radius 1 is 1.54 bits per heavy atom. The molecule has 0 amide bonds. The predicted octanol–water partition coefficient (Wildman–Crippen LogP) is 2.38. The lowest BCUT2D eigenvalue weighted by Gasteiger charge is -1.99. The summed E-state index contributed by atoms with van der Waals surface area (Å²) in [6.45, 7) is 0. The molecule has 0 aliphatic carbocycles. The number of oxime groups is 1. The van der Waals surface area contributed by atoms with Crippen LogP contribution in [0, 0.1) is 0 Å². The zero-order valence-electron chi connectivity index (χ0n) is 6.66. The Morgan fingerprint density at radius 2 is 2.46 bits per heavy atom. The van der Waals surface area contributed by atoms with Gasteiger partial charge in [0.05, 0.1) is 0 Å². The van der Waals surface area contributed by atoms with Crippen molar-refractivity contribution in [1.82, 2.24) is 4.72 Å². The van der Waals surface area contributed by atoms with Gasteiger partial charge < -0.3 is 0 Å². The number of halogens is 1. The second-order valence-corrected chi connectivity index (χ2v) is 3.56. The molecule has 0 aromatic heterocycles. The van der Waals surface area contributed by atoms with Crippen LogP contribution in [-0.4, -0.2) is 5.84 Å². The van der Waals surface area contributed by atoms with E-state index in [1.54, 1.807) is 0 Å². The summed E-state index contributed by atoms with van der Waals surface area (Å²) in [5.41, 5.74) is 1.12. The summed E-state index contributed by atoms with van der Waals surface area (Å²) in [6, 6.07) is 7.68. The van der Waals surface area contributed by atoms with Gasteiger partial charge in [-0.15, -0.1) is 0 Å². The third kappa shape index (κ3) is 2.29. The first-order valence-corrected chi connectivity index (χ1v) is 4.86. The summed E-state index contributed by atoms with van der Waals surface area (Å²) in [7, 11) is 0. The summed E-state index contributed by atoms with van der Waals surface area (Å²) >= 11 is 6.95. The molecule has 1 heterocycles. The minimum absolute atomic E-state index is 0.716. The number of hydrogen-bond acceptors (Lipinski definition) is 4. The Balaban J connectivity index is 2.09. The number of nitrogens with zero attached hydrogens (tertiary/aromatic N) is 1. The maximum Gasteiger partial charge on any atom is 0.208 e. The monoisotopic (exact) mass is 214 g/mol. The fraction of sp³-hybridized carbons (Fsp3) is 0.125. The van der Waals surface area contributed by atoms with Crippen molar-refractivity contribution in [3.05, 3.63) is 34.9 Å².